The molecular formula is C20H22N4O2S. The highest BCUT2D eigenvalue weighted by Gasteiger charge is 2.14. The van der Waals surface area contributed by atoms with Crippen molar-refractivity contribution >= 4 is 23.4 Å². The van der Waals surface area contributed by atoms with E-state index in [0.29, 0.717) is 18.8 Å². The minimum atomic E-state index is -0.0192. The molecule has 0 spiro atoms. The predicted molar refractivity (Wildman–Crippen MR) is 107 cm³/mol. The van der Waals surface area contributed by atoms with E-state index in [4.69, 9.17) is 4.74 Å². The summed E-state index contributed by atoms with van der Waals surface area (Å²) >= 11 is 1.50. The van der Waals surface area contributed by atoms with Crippen LogP contribution in [-0.4, -0.2) is 33.5 Å². The molecule has 0 aliphatic rings. The molecule has 6 nitrogen and oxygen atoms in total. The molecule has 0 saturated heterocycles. The van der Waals surface area contributed by atoms with E-state index in [1.165, 1.54) is 11.8 Å². The van der Waals surface area contributed by atoms with E-state index in [0.717, 1.165) is 27.9 Å². The number of anilines is 1. The van der Waals surface area contributed by atoms with Crippen LogP contribution in [0.25, 0.3) is 5.69 Å². The molecule has 0 radical (unpaired) electrons. The van der Waals surface area contributed by atoms with Crippen molar-refractivity contribution in [1.82, 2.24) is 14.8 Å². The van der Waals surface area contributed by atoms with Gasteiger partial charge in [-0.05, 0) is 31.2 Å². The fourth-order valence-electron chi connectivity index (χ4n) is 2.55. The van der Waals surface area contributed by atoms with E-state index in [1.54, 1.807) is 7.11 Å². The first kappa shape index (κ1) is 19.1. The number of methoxy groups -OCH3 is 1. The second kappa shape index (κ2) is 9.34. The quantitative estimate of drug-likeness (QED) is 0.600. The third kappa shape index (κ3) is 5.18. The number of hydrogen-bond acceptors (Lipinski definition) is 5. The van der Waals surface area contributed by atoms with E-state index in [-0.39, 0.29) is 5.91 Å². The molecule has 0 fully saturated rings. The molecule has 0 aliphatic carbocycles. The van der Waals surface area contributed by atoms with Gasteiger partial charge in [0.1, 0.15) is 6.61 Å². The first-order valence-corrected chi connectivity index (χ1v) is 9.64. The van der Waals surface area contributed by atoms with Gasteiger partial charge in [-0.1, -0.05) is 47.7 Å². The summed E-state index contributed by atoms with van der Waals surface area (Å²) < 4.78 is 7.19. The molecule has 27 heavy (non-hydrogen) atoms. The first-order chi connectivity index (χ1) is 13.2. The molecule has 1 N–H and O–H groups in total. The Balaban J connectivity index is 1.62. The number of thioether (sulfide) groups is 1. The van der Waals surface area contributed by atoms with Gasteiger partial charge >= 0.3 is 0 Å². The number of nitrogens with zero attached hydrogens (tertiary/aromatic N) is 3. The molecule has 1 amide bonds. The summed E-state index contributed by atoms with van der Waals surface area (Å²) in [5.41, 5.74) is 2.95. The zero-order valence-corrected chi connectivity index (χ0v) is 16.2. The summed E-state index contributed by atoms with van der Waals surface area (Å²) in [5.74, 6) is 1.32. The van der Waals surface area contributed by atoms with Gasteiger partial charge in [0.25, 0.3) is 0 Å². The monoisotopic (exact) mass is 382 g/mol. The normalized spacial score (nSPS) is 10.7. The molecule has 0 aliphatic heterocycles. The lowest BCUT2D eigenvalue weighted by Crippen LogP contribution is -2.12. The molecule has 3 aromatic rings. The fourth-order valence-corrected chi connectivity index (χ4v) is 3.46. The Labute approximate surface area is 163 Å². The number of para-hydroxylation sites is 1. The van der Waals surface area contributed by atoms with Gasteiger partial charge in [-0.15, -0.1) is 10.2 Å². The maximum Gasteiger partial charge on any atom is 0.225 e. The molecule has 0 unspecified atom stereocenters. The van der Waals surface area contributed by atoms with Crippen LogP contribution in [0.4, 0.5) is 5.69 Å². The van der Waals surface area contributed by atoms with Crippen molar-refractivity contribution in [3.8, 4) is 5.69 Å². The lowest BCUT2D eigenvalue weighted by Gasteiger charge is -2.10. The molecule has 140 valence electrons. The summed E-state index contributed by atoms with van der Waals surface area (Å²) in [6.07, 6.45) is 0.389. The Bertz CT molecular complexity index is 879. The van der Waals surface area contributed by atoms with Gasteiger partial charge in [-0.25, -0.2) is 0 Å². The zero-order chi connectivity index (χ0) is 19.1. The Morgan fingerprint density at radius 3 is 2.56 bits per heavy atom. The average Bonchev–Trinajstić information content (AvgIpc) is 3.07. The SMILES string of the molecule is COCc1nnc(SCCC(=O)Nc2ccc(C)cc2)n1-c1ccccc1. The van der Waals surface area contributed by atoms with Gasteiger partial charge in [0, 0.05) is 30.7 Å². The molecular weight excluding hydrogens is 360 g/mol. The van der Waals surface area contributed by atoms with E-state index >= 15 is 0 Å². The summed E-state index contributed by atoms with van der Waals surface area (Å²) in [7, 11) is 1.63. The van der Waals surface area contributed by atoms with Gasteiger partial charge in [-0.2, -0.15) is 0 Å². The number of rotatable bonds is 8. The summed E-state index contributed by atoms with van der Waals surface area (Å²) in [6.45, 7) is 2.39. The van der Waals surface area contributed by atoms with Gasteiger partial charge < -0.3 is 10.1 Å². The van der Waals surface area contributed by atoms with Crippen LogP contribution in [0.1, 0.15) is 17.8 Å². The smallest absolute Gasteiger partial charge is 0.225 e. The molecule has 1 heterocycles. The van der Waals surface area contributed by atoms with Crippen molar-refractivity contribution in [2.45, 2.75) is 25.1 Å². The average molecular weight is 382 g/mol. The van der Waals surface area contributed by atoms with Gasteiger partial charge in [0.2, 0.25) is 5.91 Å². The molecule has 1 aromatic heterocycles. The number of carbonyl (C=O) groups is 1. The third-order valence-electron chi connectivity index (χ3n) is 3.88. The van der Waals surface area contributed by atoms with E-state index in [1.807, 2.05) is 66.1 Å². The van der Waals surface area contributed by atoms with Crippen LogP contribution in [0.2, 0.25) is 0 Å². The highest BCUT2D eigenvalue weighted by Crippen LogP contribution is 2.23. The minimum Gasteiger partial charge on any atom is -0.377 e. The van der Waals surface area contributed by atoms with E-state index < -0.39 is 0 Å². The number of amides is 1. The second-order valence-electron chi connectivity index (χ2n) is 6.02. The van der Waals surface area contributed by atoms with Gasteiger partial charge in [0.15, 0.2) is 11.0 Å². The number of hydrogen-bond donors (Lipinski definition) is 1. The molecule has 3 rings (SSSR count). The minimum absolute atomic E-state index is 0.0192. The first-order valence-electron chi connectivity index (χ1n) is 8.65. The number of aryl methyl sites for hydroxylation is 1. The van der Waals surface area contributed by atoms with Gasteiger partial charge in [-0.3, -0.25) is 9.36 Å². The third-order valence-corrected chi connectivity index (χ3v) is 4.81. The Kier molecular flexibility index (Phi) is 6.62. The molecule has 0 saturated carbocycles. The maximum atomic E-state index is 12.2. The number of nitrogens with one attached hydrogen (secondary N) is 1. The van der Waals surface area contributed by atoms with E-state index in [9.17, 15) is 4.79 Å². The number of aromatic nitrogens is 3. The van der Waals surface area contributed by atoms with Crippen molar-refractivity contribution in [1.29, 1.82) is 0 Å². The van der Waals surface area contributed by atoms with Crippen molar-refractivity contribution < 1.29 is 9.53 Å². The molecule has 2 aromatic carbocycles. The highest BCUT2D eigenvalue weighted by molar-refractivity contribution is 7.99. The van der Waals surface area contributed by atoms with Crippen LogP contribution in [0.3, 0.4) is 0 Å². The van der Waals surface area contributed by atoms with Crippen LogP contribution in [0.15, 0.2) is 59.8 Å². The Hall–Kier alpha value is -2.64. The van der Waals surface area contributed by atoms with Crippen LogP contribution < -0.4 is 5.32 Å². The number of benzene rings is 2. The van der Waals surface area contributed by atoms with Crippen molar-refractivity contribution in [2.75, 3.05) is 18.2 Å². The maximum absolute atomic E-state index is 12.2. The van der Waals surface area contributed by atoms with Crippen molar-refractivity contribution in [2.24, 2.45) is 0 Å². The largest absolute Gasteiger partial charge is 0.377 e. The van der Waals surface area contributed by atoms with Crippen molar-refractivity contribution in [3.63, 3.8) is 0 Å². The summed E-state index contributed by atoms with van der Waals surface area (Å²) in [6, 6.07) is 17.7. The molecule has 7 heteroatoms. The summed E-state index contributed by atoms with van der Waals surface area (Å²) in [5, 5.41) is 12.1. The predicted octanol–water partition coefficient (Wildman–Crippen LogP) is 3.84. The van der Waals surface area contributed by atoms with Crippen LogP contribution in [0, 0.1) is 6.92 Å². The van der Waals surface area contributed by atoms with Crippen molar-refractivity contribution in [3.05, 3.63) is 66.0 Å². The summed E-state index contributed by atoms with van der Waals surface area (Å²) in [4.78, 5) is 12.2. The molecule has 0 bridgehead atoms. The van der Waals surface area contributed by atoms with Crippen LogP contribution in [-0.2, 0) is 16.1 Å². The topological polar surface area (TPSA) is 69.0 Å². The van der Waals surface area contributed by atoms with Gasteiger partial charge in [0.05, 0.1) is 0 Å². The second-order valence-corrected chi connectivity index (χ2v) is 7.08. The van der Waals surface area contributed by atoms with E-state index in [2.05, 4.69) is 15.5 Å². The standard InChI is InChI=1S/C20H22N4O2S/c1-15-8-10-16(11-9-15)21-19(25)12-13-27-20-23-22-18(14-26-2)24(20)17-6-4-3-5-7-17/h3-11H,12-14H2,1-2H3,(H,21,25). The Morgan fingerprint density at radius 1 is 1.11 bits per heavy atom. The highest BCUT2D eigenvalue weighted by atomic mass is 32.2. The Morgan fingerprint density at radius 2 is 1.85 bits per heavy atom. The van der Waals surface area contributed by atoms with Crippen LogP contribution >= 0.6 is 11.8 Å². The zero-order valence-electron chi connectivity index (χ0n) is 15.4. The lowest BCUT2D eigenvalue weighted by molar-refractivity contribution is -0.115. The number of ether oxygens (including phenoxy) is 1. The lowest BCUT2D eigenvalue weighted by atomic mass is 10.2. The fraction of sp³-hybridized carbons (Fsp3) is 0.250. The molecule has 0 atom stereocenters. The van der Waals surface area contributed by atoms with Crippen LogP contribution in [0.5, 0.6) is 0 Å². The number of carbonyl (C=O) groups excluding carboxylic acids is 1.